The molecule has 2 saturated carbocycles. The molecule has 0 spiro atoms. The summed E-state index contributed by atoms with van der Waals surface area (Å²) in [6, 6.07) is 4.48. The van der Waals surface area contributed by atoms with Crippen molar-refractivity contribution < 1.29 is 22.8 Å². The summed E-state index contributed by atoms with van der Waals surface area (Å²) < 4.78 is 39.4. The summed E-state index contributed by atoms with van der Waals surface area (Å²) in [5.74, 6) is 0.0139. The van der Waals surface area contributed by atoms with Gasteiger partial charge in [0.15, 0.2) is 11.6 Å². The third kappa shape index (κ3) is 4.56. The van der Waals surface area contributed by atoms with E-state index in [9.17, 15) is 22.8 Å². The van der Waals surface area contributed by atoms with Crippen molar-refractivity contribution >= 4 is 11.6 Å². The molecule has 0 radical (unpaired) electrons. The Hall–Kier alpha value is -2.50. The van der Waals surface area contributed by atoms with Gasteiger partial charge in [0.05, 0.1) is 17.0 Å². The van der Waals surface area contributed by atoms with Crippen LogP contribution in [0.3, 0.4) is 0 Å². The van der Waals surface area contributed by atoms with Gasteiger partial charge in [0.25, 0.3) is 0 Å². The van der Waals surface area contributed by atoms with Crippen molar-refractivity contribution in [3.05, 3.63) is 63.5 Å². The Labute approximate surface area is 204 Å². The maximum atomic E-state index is 14.0. The van der Waals surface area contributed by atoms with Gasteiger partial charge in [0.2, 0.25) is 0 Å². The largest absolute Gasteiger partial charge is 0.416 e. The number of Topliss-reactive ketones (excluding diaryl/α,β-unsaturated/α-hetero) is 1. The topological polar surface area (TPSA) is 47.0 Å². The molecule has 186 valence electrons. The molecule has 3 aliphatic rings. The zero-order chi connectivity index (χ0) is 25.0. The molecule has 3 aliphatic carbocycles. The minimum Gasteiger partial charge on any atom is -0.294 e. The Bertz CT molecular complexity index is 1150. The zero-order valence-electron chi connectivity index (χ0n) is 20.4. The quantitative estimate of drug-likeness (QED) is 0.417. The lowest BCUT2D eigenvalue weighted by Gasteiger charge is -2.34. The average Bonchev–Trinajstić information content (AvgIpc) is 3.50. The van der Waals surface area contributed by atoms with Crippen LogP contribution in [0.1, 0.15) is 132 Å². The number of halogens is 3. The lowest BCUT2D eigenvalue weighted by Crippen LogP contribution is -2.32. The van der Waals surface area contributed by atoms with Crippen LogP contribution in [0.25, 0.3) is 0 Å². The number of carbonyl (C=O) groups excluding carboxylic acids is 2. The number of rotatable bonds is 4. The first-order valence-electron chi connectivity index (χ1n) is 12.9. The molecule has 1 heterocycles. The first kappa shape index (κ1) is 24.2. The number of carbonyl (C=O) groups is 2. The Kier molecular flexibility index (Phi) is 6.13. The molecule has 0 atom stereocenters. The van der Waals surface area contributed by atoms with Gasteiger partial charge in [-0.2, -0.15) is 13.2 Å². The highest BCUT2D eigenvalue weighted by atomic mass is 19.4. The van der Waals surface area contributed by atoms with Gasteiger partial charge in [0.1, 0.15) is 0 Å². The third-order valence-corrected chi connectivity index (χ3v) is 8.11. The number of alkyl halides is 3. The first-order chi connectivity index (χ1) is 16.5. The lowest BCUT2D eigenvalue weighted by molar-refractivity contribution is -0.137. The highest BCUT2D eigenvalue weighted by Gasteiger charge is 2.40. The van der Waals surface area contributed by atoms with Crippen molar-refractivity contribution in [3.63, 3.8) is 0 Å². The Morgan fingerprint density at radius 3 is 2.06 bits per heavy atom. The molecule has 0 unspecified atom stereocenters. The van der Waals surface area contributed by atoms with Crippen LogP contribution in [-0.2, 0) is 12.6 Å². The van der Waals surface area contributed by atoms with Gasteiger partial charge in [-0.15, -0.1) is 0 Å². The fourth-order valence-corrected chi connectivity index (χ4v) is 6.46. The predicted octanol–water partition coefficient (Wildman–Crippen LogP) is 7.80. The van der Waals surface area contributed by atoms with Crippen molar-refractivity contribution in [3.8, 4) is 0 Å². The monoisotopic (exact) mass is 483 g/mol. The minimum absolute atomic E-state index is 0.0464. The van der Waals surface area contributed by atoms with E-state index in [0.717, 1.165) is 80.5 Å². The van der Waals surface area contributed by atoms with E-state index >= 15 is 0 Å². The van der Waals surface area contributed by atoms with Crippen LogP contribution in [0.5, 0.6) is 0 Å². The molecule has 0 amide bonds. The summed E-state index contributed by atoms with van der Waals surface area (Å²) in [6.07, 6.45) is 4.62. The molecule has 5 rings (SSSR count). The zero-order valence-corrected chi connectivity index (χ0v) is 20.4. The normalized spacial score (nSPS) is 20.9. The molecule has 3 nitrogen and oxygen atoms in total. The number of aromatic nitrogens is 1. The van der Waals surface area contributed by atoms with Crippen molar-refractivity contribution in [2.24, 2.45) is 5.41 Å². The summed E-state index contributed by atoms with van der Waals surface area (Å²) in [5, 5.41) is 0. The molecule has 2 aromatic rings. The van der Waals surface area contributed by atoms with E-state index in [1.807, 2.05) is 0 Å². The van der Waals surface area contributed by atoms with Gasteiger partial charge in [-0.05, 0) is 61.1 Å². The molecular weight excluding hydrogens is 451 g/mol. The number of nitrogens with zero attached hydrogens (tertiary/aromatic N) is 1. The maximum Gasteiger partial charge on any atom is 0.416 e. The van der Waals surface area contributed by atoms with Gasteiger partial charge < -0.3 is 0 Å². The van der Waals surface area contributed by atoms with Crippen LogP contribution >= 0.6 is 0 Å². The molecule has 2 fully saturated rings. The predicted molar refractivity (Wildman–Crippen MR) is 128 cm³/mol. The summed E-state index contributed by atoms with van der Waals surface area (Å²) in [7, 11) is 0. The average molecular weight is 484 g/mol. The number of ketones is 2. The molecule has 0 bridgehead atoms. The van der Waals surface area contributed by atoms with Crippen molar-refractivity contribution in [1.29, 1.82) is 0 Å². The SMILES string of the molecule is CC1(C)CC(=O)c2c(nc(C3CCCC3)c(C(=O)c3ccc(C(F)(F)F)cc3)c2C2CCCC2)C1. The second kappa shape index (κ2) is 8.86. The first-order valence-corrected chi connectivity index (χ1v) is 12.9. The number of fused-ring (bicyclic) bond motifs is 1. The Balaban J connectivity index is 1.72. The van der Waals surface area contributed by atoms with Gasteiger partial charge >= 0.3 is 6.18 Å². The minimum atomic E-state index is -4.46. The molecule has 1 aromatic heterocycles. The highest BCUT2D eigenvalue weighted by molar-refractivity contribution is 6.13. The fraction of sp³-hybridized carbons (Fsp3) is 0.552. The van der Waals surface area contributed by atoms with Crippen molar-refractivity contribution in [2.45, 2.75) is 96.1 Å². The smallest absolute Gasteiger partial charge is 0.294 e. The van der Waals surface area contributed by atoms with Crippen LogP contribution in [0.15, 0.2) is 24.3 Å². The maximum absolute atomic E-state index is 14.0. The highest BCUT2D eigenvalue weighted by Crippen LogP contribution is 2.47. The van der Waals surface area contributed by atoms with Crippen LogP contribution in [-0.4, -0.2) is 16.6 Å². The summed E-state index contributed by atoms with van der Waals surface area (Å²) in [5.41, 5.74) is 2.85. The summed E-state index contributed by atoms with van der Waals surface area (Å²) >= 11 is 0. The van der Waals surface area contributed by atoms with E-state index < -0.39 is 11.7 Å². The van der Waals surface area contributed by atoms with E-state index in [4.69, 9.17) is 4.98 Å². The second-order valence-corrected chi connectivity index (χ2v) is 11.4. The van der Waals surface area contributed by atoms with Gasteiger partial charge in [-0.1, -0.05) is 51.7 Å². The van der Waals surface area contributed by atoms with Crippen molar-refractivity contribution in [1.82, 2.24) is 4.98 Å². The van der Waals surface area contributed by atoms with Crippen LogP contribution in [0, 0.1) is 5.41 Å². The standard InChI is InChI=1S/C29H32F3NO2/c1-28(2)15-21-24(22(34)16-28)23(17-7-3-4-8-17)25(26(33-21)18-9-5-6-10-18)27(35)19-11-13-20(14-12-19)29(30,31)32/h11-14,17-18H,3-10,15-16H2,1-2H3. The molecule has 35 heavy (non-hydrogen) atoms. The van der Waals surface area contributed by atoms with Crippen LogP contribution in [0.2, 0.25) is 0 Å². The fourth-order valence-electron chi connectivity index (χ4n) is 6.46. The van der Waals surface area contributed by atoms with Gasteiger partial charge in [0, 0.05) is 29.0 Å². The molecule has 0 saturated heterocycles. The van der Waals surface area contributed by atoms with Crippen molar-refractivity contribution in [2.75, 3.05) is 0 Å². The lowest BCUT2D eigenvalue weighted by atomic mass is 9.71. The number of pyridine rings is 1. The third-order valence-electron chi connectivity index (χ3n) is 8.11. The van der Waals surface area contributed by atoms with E-state index in [1.54, 1.807) is 0 Å². The van der Waals surface area contributed by atoms with E-state index in [0.29, 0.717) is 24.0 Å². The van der Waals surface area contributed by atoms with Gasteiger partial charge in [-0.25, -0.2) is 0 Å². The second-order valence-electron chi connectivity index (χ2n) is 11.4. The molecule has 0 N–H and O–H groups in total. The van der Waals surface area contributed by atoms with E-state index in [-0.39, 0.29) is 34.4 Å². The molecular formula is C29H32F3NO2. The Morgan fingerprint density at radius 2 is 1.49 bits per heavy atom. The van der Waals surface area contributed by atoms with Gasteiger partial charge in [-0.3, -0.25) is 14.6 Å². The van der Waals surface area contributed by atoms with Crippen LogP contribution in [0.4, 0.5) is 13.2 Å². The molecule has 6 heteroatoms. The number of benzene rings is 1. The summed E-state index contributed by atoms with van der Waals surface area (Å²) in [4.78, 5) is 32.6. The van der Waals surface area contributed by atoms with E-state index in [2.05, 4.69) is 13.8 Å². The number of hydrogen-bond donors (Lipinski definition) is 0. The summed E-state index contributed by atoms with van der Waals surface area (Å²) in [6.45, 7) is 4.17. The van der Waals surface area contributed by atoms with Crippen LogP contribution < -0.4 is 0 Å². The number of hydrogen-bond acceptors (Lipinski definition) is 3. The Morgan fingerprint density at radius 1 is 0.914 bits per heavy atom. The molecule has 0 aliphatic heterocycles. The van der Waals surface area contributed by atoms with E-state index in [1.165, 1.54) is 12.1 Å². The molecule has 1 aromatic carbocycles.